The third kappa shape index (κ3) is 3.76. The largest absolute Gasteiger partial charge is 0.357 e. The summed E-state index contributed by atoms with van der Waals surface area (Å²) in [5.41, 5.74) is 0.891. The first-order valence-corrected chi connectivity index (χ1v) is 9.63. The van der Waals surface area contributed by atoms with Crippen LogP contribution in [0.25, 0.3) is 0 Å². The topological polar surface area (TPSA) is 80.1 Å². The number of rotatable bonds is 5. The van der Waals surface area contributed by atoms with Crippen LogP contribution in [0.2, 0.25) is 0 Å². The van der Waals surface area contributed by atoms with Crippen LogP contribution in [0.3, 0.4) is 0 Å². The van der Waals surface area contributed by atoms with Crippen molar-refractivity contribution in [2.75, 3.05) is 18.0 Å². The second-order valence-electron chi connectivity index (χ2n) is 6.13. The molecule has 1 fully saturated rings. The number of hydrogen-bond acceptors (Lipinski definition) is 5. The monoisotopic (exact) mass is 349 g/mol. The highest BCUT2D eigenvalue weighted by atomic mass is 32.2. The van der Waals surface area contributed by atoms with Crippen LogP contribution in [0.15, 0.2) is 29.6 Å². The lowest BCUT2D eigenvalue weighted by molar-refractivity contribution is 0.572. The van der Waals surface area contributed by atoms with Gasteiger partial charge in [-0.25, -0.2) is 23.1 Å². The van der Waals surface area contributed by atoms with Gasteiger partial charge in [-0.1, -0.05) is 0 Å². The average Bonchev–Trinajstić information content (AvgIpc) is 2.94. The van der Waals surface area contributed by atoms with Crippen LogP contribution in [0.4, 0.5) is 5.82 Å². The first-order chi connectivity index (χ1) is 11.5. The normalized spacial score (nSPS) is 15.7. The van der Waals surface area contributed by atoms with Crippen LogP contribution >= 0.6 is 0 Å². The smallest absolute Gasteiger partial charge is 0.259 e. The summed E-state index contributed by atoms with van der Waals surface area (Å²) < 4.78 is 29.0. The Balaban J connectivity index is 1.70. The molecule has 8 heteroatoms. The molecule has 1 aliphatic heterocycles. The lowest BCUT2D eigenvalue weighted by Gasteiger charge is -2.27. The maximum absolute atomic E-state index is 12.3. The van der Waals surface area contributed by atoms with Crippen molar-refractivity contribution in [1.82, 2.24) is 19.3 Å². The van der Waals surface area contributed by atoms with Crippen LogP contribution in [0, 0.1) is 6.92 Å². The zero-order chi connectivity index (χ0) is 17.2. The van der Waals surface area contributed by atoms with Crippen LogP contribution in [-0.2, 0) is 23.6 Å². The van der Waals surface area contributed by atoms with Gasteiger partial charge >= 0.3 is 0 Å². The van der Waals surface area contributed by atoms with Crippen molar-refractivity contribution in [1.29, 1.82) is 0 Å². The van der Waals surface area contributed by atoms with Gasteiger partial charge in [0.2, 0.25) is 0 Å². The standard InChI is InChI=1S/C16H23N5O2S/c1-13-19-16(12-20(13)2)24(22,23)18-11-14-6-7-17-15(10-14)21-8-4-3-5-9-21/h6-7,10,12,18H,3-5,8-9,11H2,1-2H3. The molecule has 1 aliphatic rings. The maximum atomic E-state index is 12.3. The predicted molar refractivity (Wildman–Crippen MR) is 92.3 cm³/mol. The molecule has 0 spiro atoms. The van der Waals surface area contributed by atoms with Gasteiger partial charge in [-0.05, 0) is 43.9 Å². The number of sulfonamides is 1. The Kier molecular flexibility index (Phi) is 4.86. The SMILES string of the molecule is Cc1nc(S(=O)(=O)NCc2ccnc(N3CCCCC3)c2)cn1C. The Morgan fingerprint density at radius 3 is 2.67 bits per heavy atom. The van der Waals surface area contributed by atoms with E-state index in [1.165, 1.54) is 25.5 Å². The molecule has 0 radical (unpaired) electrons. The van der Waals surface area contributed by atoms with E-state index in [4.69, 9.17) is 0 Å². The molecule has 2 aromatic heterocycles. The lowest BCUT2D eigenvalue weighted by atomic mass is 10.1. The number of hydrogen-bond donors (Lipinski definition) is 1. The van der Waals surface area contributed by atoms with Gasteiger partial charge in [0, 0.05) is 39.1 Å². The number of piperidine rings is 1. The lowest BCUT2D eigenvalue weighted by Crippen LogP contribution is -2.30. The summed E-state index contributed by atoms with van der Waals surface area (Å²) in [5.74, 6) is 1.58. The van der Waals surface area contributed by atoms with Gasteiger partial charge < -0.3 is 9.47 Å². The Morgan fingerprint density at radius 1 is 1.25 bits per heavy atom. The molecule has 2 aromatic rings. The van der Waals surface area contributed by atoms with Gasteiger partial charge in [-0.3, -0.25) is 0 Å². The van der Waals surface area contributed by atoms with Gasteiger partial charge in [0.05, 0.1) is 0 Å². The molecule has 1 N–H and O–H groups in total. The van der Waals surface area contributed by atoms with Crippen molar-refractivity contribution in [3.63, 3.8) is 0 Å². The van der Waals surface area contributed by atoms with Crippen molar-refractivity contribution >= 4 is 15.8 Å². The summed E-state index contributed by atoms with van der Waals surface area (Å²) in [6, 6.07) is 3.79. The van der Waals surface area contributed by atoms with Gasteiger partial charge in [-0.2, -0.15) is 0 Å². The maximum Gasteiger partial charge on any atom is 0.259 e. The fourth-order valence-corrected chi connectivity index (χ4v) is 3.83. The molecule has 24 heavy (non-hydrogen) atoms. The first kappa shape index (κ1) is 16.9. The fraction of sp³-hybridized carbons (Fsp3) is 0.500. The van der Waals surface area contributed by atoms with E-state index in [-0.39, 0.29) is 11.6 Å². The van der Waals surface area contributed by atoms with Crippen LogP contribution in [-0.4, -0.2) is 36.0 Å². The minimum atomic E-state index is -3.61. The number of pyridine rings is 1. The Morgan fingerprint density at radius 2 is 2.00 bits per heavy atom. The van der Waals surface area contributed by atoms with Gasteiger partial charge in [0.1, 0.15) is 11.6 Å². The fourth-order valence-electron chi connectivity index (χ4n) is 2.77. The molecule has 0 saturated carbocycles. The van der Waals surface area contributed by atoms with Crippen LogP contribution < -0.4 is 9.62 Å². The molecular formula is C16H23N5O2S. The summed E-state index contributed by atoms with van der Waals surface area (Å²) in [7, 11) is -1.84. The third-order valence-electron chi connectivity index (χ3n) is 4.32. The van der Waals surface area contributed by atoms with E-state index in [1.54, 1.807) is 24.7 Å². The van der Waals surface area contributed by atoms with E-state index in [9.17, 15) is 8.42 Å². The van der Waals surface area contributed by atoms with Crippen molar-refractivity contribution < 1.29 is 8.42 Å². The Labute approximate surface area is 142 Å². The van der Waals surface area contributed by atoms with E-state index >= 15 is 0 Å². The molecule has 0 amide bonds. The quantitative estimate of drug-likeness (QED) is 0.887. The second-order valence-corrected chi connectivity index (χ2v) is 7.85. The van der Waals surface area contributed by atoms with Crippen LogP contribution in [0.1, 0.15) is 30.7 Å². The summed E-state index contributed by atoms with van der Waals surface area (Å²) in [6.07, 6.45) is 6.87. The summed E-state index contributed by atoms with van der Waals surface area (Å²) in [5, 5.41) is 0.0489. The van der Waals surface area contributed by atoms with E-state index in [0.29, 0.717) is 5.82 Å². The summed E-state index contributed by atoms with van der Waals surface area (Å²) in [4.78, 5) is 10.7. The van der Waals surface area contributed by atoms with Crippen molar-refractivity contribution in [2.24, 2.45) is 7.05 Å². The van der Waals surface area contributed by atoms with Gasteiger partial charge in [-0.15, -0.1) is 0 Å². The molecule has 0 aliphatic carbocycles. The molecule has 0 aromatic carbocycles. The van der Waals surface area contributed by atoms with Gasteiger partial charge in [0.25, 0.3) is 10.0 Å². The number of aromatic nitrogens is 3. The molecule has 0 bridgehead atoms. The highest BCUT2D eigenvalue weighted by molar-refractivity contribution is 7.89. The molecule has 3 rings (SSSR count). The van der Waals surface area contributed by atoms with Crippen LogP contribution in [0.5, 0.6) is 0 Å². The average molecular weight is 349 g/mol. The Bertz CT molecular complexity index is 790. The van der Waals surface area contributed by atoms with Crippen molar-refractivity contribution in [2.45, 2.75) is 37.8 Å². The molecule has 0 unspecified atom stereocenters. The number of anilines is 1. The third-order valence-corrected chi connectivity index (χ3v) is 5.59. The summed E-state index contributed by atoms with van der Waals surface area (Å²) >= 11 is 0. The number of imidazole rings is 1. The van der Waals surface area contributed by atoms with Crippen molar-refractivity contribution in [3.05, 3.63) is 35.9 Å². The van der Waals surface area contributed by atoms with Crippen molar-refractivity contribution in [3.8, 4) is 0 Å². The van der Waals surface area contributed by atoms with E-state index in [1.807, 2.05) is 12.1 Å². The zero-order valence-corrected chi connectivity index (χ0v) is 14.9. The highest BCUT2D eigenvalue weighted by Gasteiger charge is 2.18. The first-order valence-electron chi connectivity index (χ1n) is 8.15. The molecular weight excluding hydrogens is 326 g/mol. The number of nitrogens with zero attached hydrogens (tertiary/aromatic N) is 4. The number of aryl methyl sites for hydroxylation is 2. The molecule has 0 atom stereocenters. The number of nitrogens with one attached hydrogen (secondary N) is 1. The van der Waals surface area contributed by atoms with E-state index in [0.717, 1.165) is 24.5 Å². The van der Waals surface area contributed by atoms with Gasteiger partial charge in [0.15, 0.2) is 5.03 Å². The molecule has 3 heterocycles. The minimum absolute atomic E-state index is 0.0489. The minimum Gasteiger partial charge on any atom is -0.357 e. The highest BCUT2D eigenvalue weighted by Crippen LogP contribution is 2.18. The molecule has 1 saturated heterocycles. The zero-order valence-electron chi connectivity index (χ0n) is 14.1. The van der Waals surface area contributed by atoms with E-state index in [2.05, 4.69) is 19.6 Å². The second kappa shape index (κ2) is 6.90. The predicted octanol–water partition coefficient (Wildman–Crippen LogP) is 1.59. The Hall–Kier alpha value is -1.93. The summed E-state index contributed by atoms with van der Waals surface area (Å²) in [6.45, 7) is 4.01. The molecule has 130 valence electrons. The van der Waals surface area contributed by atoms with E-state index < -0.39 is 10.0 Å². The molecule has 7 nitrogen and oxygen atoms in total.